The lowest BCUT2D eigenvalue weighted by Gasteiger charge is -2.46. The molecule has 30 heavy (non-hydrogen) atoms. The molecule has 162 valence electrons. The van der Waals surface area contributed by atoms with E-state index in [1.165, 1.54) is 18.2 Å². The van der Waals surface area contributed by atoms with Gasteiger partial charge in [0.05, 0.1) is 7.11 Å². The number of carbonyl (C=O) groups is 1. The molecule has 4 nitrogen and oxygen atoms in total. The average molecular weight is 429 g/mol. The van der Waals surface area contributed by atoms with Crippen LogP contribution in [0.25, 0.3) is 0 Å². The Morgan fingerprint density at radius 1 is 1.17 bits per heavy atom. The van der Waals surface area contributed by atoms with Crippen molar-refractivity contribution in [3.8, 4) is 11.5 Å². The van der Waals surface area contributed by atoms with Crippen LogP contribution in [0.1, 0.15) is 63.0 Å². The number of esters is 1. The van der Waals surface area contributed by atoms with Crippen molar-refractivity contribution in [2.75, 3.05) is 12.9 Å². The Labute approximate surface area is 183 Å². The zero-order chi connectivity index (χ0) is 21.7. The molecule has 0 spiro atoms. The van der Waals surface area contributed by atoms with Crippen molar-refractivity contribution in [3.05, 3.63) is 53.6 Å². The lowest BCUT2D eigenvalue weighted by atomic mass is 9.63. The zero-order valence-corrected chi connectivity index (χ0v) is 18.9. The van der Waals surface area contributed by atoms with E-state index in [0.29, 0.717) is 24.0 Å². The predicted molar refractivity (Wildman–Crippen MR) is 121 cm³/mol. The number of phenols is 2. The van der Waals surface area contributed by atoms with Crippen LogP contribution in [0.3, 0.4) is 0 Å². The van der Waals surface area contributed by atoms with Gasteiger partial charge < -0.3 is 14.9 Å². The highest BCUT2D eigenvalue weighted by atomic mass is 32.2. The van der Waals surface area contributed by atoms with Gasteiger partial charge in [0.25, 0.3) is 0 Å². The van der Waals surface area contributed by atoms with Crippen LogP contribution >= 0.6 is 11.8 Å². The highest BCUT2D eigenvalue weighted by molar-refractivity contribution is 7.99. The van der Waals surface area contributed by atoms with E-state index in [2.05, 4.69) is 19.9 Å². The number of unbranched alkanes of at least 4 members (excludes halogenated alkanes) is 1. The van der Waals surface area contributed by atoms with Crippen LogP contribution in [0.4, 0.5) is 0 Å². The van der Waals surface area contributed by atoms with E-state index in [4.69, 9.17) is 4.74 Å². The summed E-state index contributed by atoms with van der Waals surface area (Å²) in [5.74, 6) is 2.10. The highest BCUT2D eigenvalue weighted by Crippen LogP contribution is 2.55. The predicted octanol–water partition coefficient (Wildman–Crippen LogP) is 6.00. The molecule has 1 aliphatic rings. The molecule has 0 saturated carbocycles. The van der Waals surface area contributed by atoms with Gasteiger partial charge in [-0.2, -0.15) is 0 Å². The third kappa shape index (κ3) is 4.77. The molecule has 3 unspecified atom stereocenters. The average Bonchev–Trinajstić information content (AvgIpc) is 2.75. The van der Waals surface area contributed by atoms with Gasteiger partial charge in [-0.1, -0.05) is 44.9 Å². The van der Waals surface area contributed by atoms with Gasteiger partial charge >= 0.3 is 5.97 Å². The number of benzene rings is 2. The molecule has 1 heterocycles. The van der Waals surface area contributed by atoms with Gasteiger partial charge in [-0.25, -0.2) is 0 Å². The van der Waals surface area contributed by atoms with Crippen molar-refractivity contribution in [2.24, 2.45) is 5.92 Å². The topological polar surface area (TPSA) is 66.8 Å². The second kappa shape index (κ2) is 9.78. The number of hydrogen-bond donors (Lipinski definition) is 2. The summed E-state index contributed by atoms with van der Waals surface area (Å²) in [6.07, 6.45) is 4.37. The molecule has 0 fully saturated rings. The number of rotatable bonds is 8. The van der Waals surface area contributed by atoms with E-state index in [1.807, 2.05) is 18.2 Å². The molecule has 3 rings (SSSR count). The SMILES string of the molecule is CCC(CCCCC(=O)OC)C1c2ccc(O)cc2SCC1(C)c1ccc(O)cc1. The summed E-state index contributed by atoms with van der Waals surface area (Å²) in [7, 11) is 1.44. The van der Waals surface area contributed by atoms with Gasteiger partial charge in [-0.15, -0.1) is 11.8 Å². The minimum atomic E-state index is -0.146. The first-order chi connectivity index (χ1) is 14.4. The van der Waals surface area contributed by atoms with E-state index in [-0.39, 0.29) is 17.1 Å². The minimum absolute atomic E-state index is 0.0919. The van der Waals surface area contributed by atoms with Crippen molar-refractivity contribution >= 4 is 17.7 Å². The first-order valence-corrected chi connectivity index (χ1v) is 11.7. The number of thioether (sulfide) groups is 1. The van der Waals surface area contributed by atoms with Gasteiger partial charge in [0.2, 0.25) is 0 Å². The smallest absolute Gasteiger partial charge is 0.305 e. The molecule has 3 atom stereocenters. The van der Waals surface area contributed by atoms with Crippen molar-refractivity contribution in [1.29, 1.82) is 0 Å². The molecule has 0 radical (unpaired) electrons. The molecule has 0 aliphatic carbocycles. The number of carbonyl (C=O) groups excluding carboxylic acids is 1. The fourth-order valence-corrected chi connectivity index (χ4v) is 6.20. The number of aromatic hydroxyl groups is 2. The second-order valence-corrected chi connectivity index (χ2v) is 9.46. The van der Waals surface area contributed by atoms with E-state index in [1.54, 1.807) is 30.0 Å². The third-order valence-electron chi connectivity index (χ3n) is 6.50. The van der Waals surface area contributed by atoms with Gasteiger partial charge in [0.15, 0.2) is 0 Å². The Hall–Kier alpha value is -2.14. The molecular formula is C25H32O4S. The van der Waals surface area contributed by atoms with Crippen LogP contribution in [0, 0.1) is 5.92 Å². The maximum atomic E-state index is 11.5. The Bertz CT molecular complexity index is 864. The molecule has 2 aromatic rings. The number of methoxy groups -OCH3 is 1. The van der Waals surface area contributed by atoms with Crippen LogP contribution in [-0.4, -0.2) is 29.0 Å². The fraction of sp³-hybridized carbons (Fsp3) is 0.480. The highest BCUT2D eigenvalue weighted by Gasteiger charge is 2.44. The van der Waals surface area contributed by atoms with E-state index in [0.717, 1.165) is 36.3 Å². The van der Waals surface area contributed by atoms with Crippen molar-refractivity contribution in [1.82, 2.24) is 0 Å². The van der Waals surface area contributed by atoms with E-state index >= 15 is 0 Å². The van der Waals surface area contributed by atoms with Gasteiger partial charge in [-0.3, -0.25) is 4.79 Å². The van der Waals surface area contributed by atoms with Crippen LogP contribution in [-0.2, 0) is 14.9 Å². The summed E-state index contributed by atoms with van der Waals surface area (Å²) in [6.45, 7) is 4.56. The van der Waals surface area contributed by atoms with Gasteiger partial charge in [0.1, 0.15) is 11.5 Å². The van der Waals surface area contributed by atoms with Gasteiger partial charge in [0, 0.05) is 22.5 Å². The molecule has 0 amide bonds. The molecule has 0 saturated heterocycles. The molecule has 2 aromatic carbocycles. The maximum absolute atomic E-state index is 11.5. The summed E-state index contributed by atoms with van der Waals surface area (Å²) in [5.41, 5.74) is 2.43. The molecule has 2 N–H and O–H groups in total. The van der Waals surface area contributed by atoms with Crippen molar-refractivity contribution < 1.29 is 19.7 Å². The summed E-state index contributed by atoms with van der Waals surface area (Å²) in [4.78, 5) is 12.6. The first kappa shape index (κ1) is 22.5. The summed E-state index contributed by atoms with van der Waals surface area (Å²) < 4.78 is 4.77. The Kier molecular flexibility index (Phi) is 7.35. The lowest BCUT2D eigenvalue weighted by molar-refractivity contribution is -0.140. The largest absolute Gasteiger partial charge is 0.508 e. The van der Waals surface area contributed by atoms with Crippen molar-refractivity contribution in [2.45, 2.75) is 62.2 Å². The Morgan fingerprint density at radius 3 is 2.53 bits per heavy atom. The fourth-order valence-electron chi connectivity index (χ4n) is 4.83. The number of phenolic OH excluding ortho intramolecular Hbond substituents is 2. The molecular weight excluding hydrogens is 396 g/mol. The van der Waals surface area contributed by atoms with Gasteiger partial charge in [-0.05, 0) is 60.1 Å². The molecule has 1 aliphatic heterocycles. The zero-order valence-electron chi connectivity index (χ0n) is 18.1. The van der Waals surface area contributed by atoms with E-state index < -0.39 is 0 Å². The Balaban J connectivity index is 1.93. The summed E-state index contributed by atoms with van der Waals surface area (Å²) in [5, 5.41) is 19.8. The third-order valence-corrected chi connectivity index (χ3v) is 7.91. The normalized spacial score (nSPS) is 21.6. The molecule has 5 heteroatoms. The number of fused-ring (bicyclic) bond motifs is 1. The summed E-state index contributed by atoms with van der Waals surface area (Å²) >= 11 is 1.79. The molecule has 0 aromatic heterocycles. The summed E-state index contributed by atoms with van der Waals surface area (Å²) in [6, 6.07) is 13.4. The maximum Gasteiger partial charge on any atom is 0.305 e. The monoisotopic (exact) mass is 428 g/mol. The lowest BCUT2D eigenvalue weighted by Crippen LogP contribution is -2.40. The minimum Gasteiger partial charge on any atom is -0.508 e. The van der Waals surface area contributed by atoms with E-state index in [9.17, 15) is 15.0 Å². The van der Waals surface area contributed by atoms with Crippen molar-refractivity contribution in [3.63, 3.8) is 0 Å². The van der Waals surface area contributed by atoms with Crippen LogP contribution in [0.15, 0.2) is 47.4 Å². The Morgan fingerprint density at radius 2 is 1.87 bits per heavy atom. The van der Waals surface area contributed by atoms with Crippen LogP contribution in [0.5, 0.6) is 11.5 Å². The molecule has 0 bridgehead atoms. The first-order valence-electron chi connectivity index (χ1n) is 10.7. The number of hydrogen-bond acceptors (Lipinski definition) is 5. The van der Waals surface area contributed by atoms with Crippen LogP contribution in [0.2, 0.25) is 0 Å². The quantitative estimate of drug-likeness (QED) is 0.398. The standard InChI is InChI=1S/C25H32O4S/c1-4-17(7-5-6-8-23(28)29-3)24-21-14-13-20(27)15-22(21)30-16-25(24,2)18-9-11-19(26)12-10-18/h9-15,17,24,26-27H,4-8,16H2,1-3H3. The van der Waals surface area contributed by atoms with Crippen LogP contribution < -0.4 is 0 Å². The number of ether oxygens (including phenoxy) is 1. The second-order valence-electron chi connectivity index (χ2n) is 8.44.